The van der Waals surface area contributed by atoms with Gasteiger partial charge in [-0.05, 0) is 59.7 Å². The molecule has 1 aromatic heterocycles. The molecule has 1 aliphatic rings. The van der Waals surface area contributed by atoms with E-state index in [-0.39, 0.29) is 0 Å². The first-order valence-electron chi connectivity index (χ1n) is 6.23. The fraction of sp³-hybridized carbons (Fsp3) is 0.286. The first-order chi connectivity index (χ1) is 9.63. The molecule has 0 radical (unpaired) electrons. The fourth-order valence-electron chi connectivity index (χ4n) is 1.85. The molecule has 1 fully saturated rings. The Balaban J connectivity index is 1.75. The van der Waals surface area contributed by atoms with Crippen LogP contribution in [0.15, 0.2) is 33.6 Å². The van der Waals surface area contributed by atoms with Crippen molar-refractivity contribution in [3.8, 4) is 0 Å². The molecular formula is C14H11BrClIN2S. The van der Waals surface area contributed by atoms with E-state index in [4.69, 9.17) is 16.6 Å². The van der Waals surface area contributed by atoms with Gasteiger partial charge in [0.15, 0.2) is 0 Å². The summed E-state index contributed by atoms with van der Waals surface area (Å²) in [7, 11) is 0. The molecular weight excluding hydrogens is 470 g/mol. The van der Waals surface area contributed by atoms with Gasteiger partial charge in [0.2, 0.25) is 0 Å². The highest BCUT2D eigenvalue weighted by Crippen LogP contribution is 2.42. The second-order valence-electron chi connectivity index (χ2n) is 4.65. The average Bonchev–Trinajstić information content (AvgIpc) is 3.26. The quantitative estimate of drug-likeness (QED) is 0.320. The van der Waals surface area contributed by atoms with Crippen LogP contribution in [0.1, 0.15) is 30.3 Å². The van der Waals surface area contributed by atoms with E-state index in [1.54, 1.807) is 11.8 Å². The normalized spacial score (nSPS) is 14.6. The molecule has 0 N–H and O–H groups in total. The Morgan fingerprint density at radius 2 is 1.95 bits per heavy atom. The first-order valence-corrected chi connectivity index (χ1v) is 9.47. The van der Waals surface area contributed by atoms with Gasteiger partial charge >= 0.3 is 0 Å². The van der Waals surface area contributed by atoms with Crippen molar-refractivity contribution in [1.29, 1.82) is 0 Å². The molecule has 0 amide bonds. The minimum Gasteiger partial charge on any atom is -0.236 e. The SMILES string of the molecule is Clc1nc(CSc2ccc(Br)cc2)nc(C2CC2)c1I. The highest BCUT2D eigenvalue weighted by molar-refractivity contribution is 14.1. The van der Waals surface area contributed by atoms with Crippen molar-refractivity contribution < 1.29 is 0 Å². The predicted octanol–water partition coefficient (Wildman–Crippen LogP) is 5.67. The van der Waals surface area contributed by atoms with Crippen LogP contribution < -0.4 is 0 Å². The third-order valence-corrected chi connectivity index (χ3v) is 6.22. The summed E-state index contributed by atoms with van der Waals surface area (Å²) >= 11 is 13.6. The summed E-state index contributed by atoms with van der Waals surface area (Å²) in [5.74, 6) is 2.17. The lowest BCUT2D eigenvalue weighted by atomic mass is 10.3. The Bertz CT molecular complexity index is 632. The largest absolute Gasteiger partial charge is 0.236 e. The summed E-state index contributed by atoms with van der Waals surface area (Å²) in [6, 6.07) is 8.26. The van der Waals surface area contributed by atoms with Gasteiger partial charge in [-0.15, -0.1) is 11.8 Å². The zero-order chi connectivity index (χ0) is 14.1. The highest BCUT2D eigenvalue weighted by Gasteiger charge is 2.29. The molecule has 2 nitrogen and oxygen atoms in total. The van der Waals surface area contributed by atoms with Crippen LogP contribution in [0.2, 0.25) is 5.15 Å². The standard InChI is InChI=1S/C14H11BrClIN2S/c15-9-3-5-10(6-4-9)20-7-11-18-13(8-1-2-8)12(17)14(16)19-11/h3-6,8H,1-2,7H2. The van der Waals surface area contributed by atoms with Gasteiger partial charge in [0.1, 0.15) is 11.0 Å². The van der Waals surface area contributed by atoms with Gasteiger partial charge in [0.25, 0.3) is 0 Å². The molecule has 1 aliphatic carbocycles. The molecule has 0 aliphatic heterocycles. The Kier molecular flexibility index (Phi) is 4.90. The van der Waals surface area contributed by atoms with Crippen molar-refractivity contribution in [2.75, 3.05) is 0 Å². The van der Waals surface area contributed by atoms with Crippen molar-refractivity contribution in [1.82, 2.24) is 9.97 Å². The van der Waals surface area contributed by atoms with Crippen molar-refractivity contribution in [3.05, 3.63) is 49.0 Å². The van der Waals surface area contributed by atoms with Gasteiger partial charge in [-0.1, -0.05) is 27.5 Å². The lowest BCUT2D eigenvalue weighted by Gasteiger charge is -2.07. The second-order valence-corrected chi connectivity index (χ2v) is 8.05. The number of rotatable bonds is 4. The van der Waals surface area contributed by atoms with E-state index >= 15 is 0 Å². The molecule has 0 unspecified atom stereocenters. The smallest absolute Gasteiger partial charge is 0.146 e. The first kappa shape index (κ1) is 15.1. The van der Waals surface area contributed by atoms with E-state index in [1.165, 1.54) is 17.7 Å². The summed E-state index contributed by atoms with van der Waals surface area (Å²) in [6.07, 6.45) is 2.45. The van der Waals surface area contributed by atoms with Gasteiger partial charge in [-0.2, -0.15) is 0 Å². The number of thioether (sulfide) groups is 1. The van der Waals surface area contributed by atoms with Crippen LogP contribution >= 0.6 is 61.9 Å². The van der Waals surface area contributed by atoms with Crippen LogP contribution in [-0.2, 0) is 5.75 Å². The molecule has 3 rings (SSSR count). The van der Waals surface area contributed by atoms with E-state index in [2.05, 4.69) is 55.6 Å². The summed E-state index contributed by atoms with van der Waals surface area (Å²) in [5, 5.41) is 0.592. The number of halogens is 3. The van der Waals surface area contributed by atoms with Gasteiger partial charge in [0, 0.05) is 15.3 Å². The number of benzene rings is 1. The van der Waals surface area contributed by atoms with E-state index < -0.39 is 0 Å². The maximum atomic E-state index is 6.22. The molecule has 2 aromatic rings. The van der Waals surface area contributed by atoms with Crippen LogP contribution in [-0.4, -0.2) is 9.97 Å². The highest BCUT2D eigenvalue weighted by atomic mass is 127. The Labute approximate surface area is 149 Å². The molecule has 1 heterocycles. The van der Waals surface area contributed by atoms with Gasteiger partial charge in [-0.25, -0.2) is 9.97 Å². The van der Waals surface area contributed by atoms with E-state index in [0.29, 0.717) is 11.1 Å². The molecule has 20 heavy (non-hydrogen) atoms. The van der Waals surface area contributed by atoms with Crippen LogP contribution in [0.25, 0.3) is 0 Å². The molecule has 1 aromatic carbocycles. The van der Waals surface area contributed by atoms with Crippen molar-refractivity contribution >= 4 is 61.9 Å². The molecule has 0 atom stereocenters. The Morgan fingerprint density at radius 3 is 2.60 bits per heavy atom. The summed E-state index contributed by atoms with van der Waals surface area (Å²) in [4.78, 5) is 10.3. The average molecular weight is 482 g/mol. The third-order valence-electron chi connectivity index (χ3n) is 3.03. The lowest BCUT2D eigenvalue weighted by Crippen LogP contribution is -2.01. The molecule has 104 valence electrons. The maximum absolute atomic E-state index is 6.22. The van der Waals surface area contributed by atoms with Gasteiger partial charge in [-0.3, -0.25) is 0 Å². The monoisotopic (exact) mass is 480 g/mol. The molecule has 6 heteroatoms. The Hall–Kier alpha value is 0.150. The van der Waals surface area contributed by atoms with Crippen molar-refractivity contribution in [3.63, 3.8) is 0 Å². The molecule has 1 saturated carbocycles. The van der Waals surface area contributed by atoms with Crippen molar-refractivity contribution in [2.45, 2.75) is 29.4 Å². The van der Waals surface area contributed by atoms with Crippen LogP contribution in [0, 0.1) is 3.57 Å². The molecule has 0 spiro atoms. The third kappa shape index (κ3) is 3.67. The van der Waals surface area contributed by atoms with E-state index in [1.807, 2.05) is 12.1 Å². The summed E-state index contributed by atoms with van der Waals surface area (Å²) in [6.45, 7) is 0. The lowest BCUT2D eigenvalue weighted by molar-refractivity contribution is 0.918. The molecule has 0 bridgehead atoms. The second kappa shape index (κ2) is 6.50. The predicted molar refractivity (Wildman–Crippen MR) is 95.4 cm³/mol. The number of hydrogen-bond donors (Lipinski definition) is 0. The van der Waals surface area contributed by atoms with Gasteiger partial charge in [0.05, 0.1) is 15.0 Å². The summed E-state index contributed by atoms with van der Waals surface area (Å²) in [5.41, 5.74) is 1.14. The zero-order valence-corrected chi connectivity index (χ0v) is 15.8. The van der Waals surface area contributed by atoms with Crippen molar-refractivity contribution in [2.24, 2.45) is 0 Å². The minimum absolute atomic E-state index is 0.592. The van der Waals surface area contributed by atoms with Crippen LogP contribution in [0.4, 0.5) is 0 Å². The Morgan fingerprint density at radius 1 is 1.25 bits per heavy atom. The topological polar surface area (TPSA) is 25.8 Å². The number of nitrogens with zero attached hydrogens (tertiary/aromatic N) is 2. The fourth-order valence-corrected chi connectivity index (χ4v) is 3.75. The minimum atomic E-state index is 0.592. The van der Waals surface area contributed by atoms with Crippen LogP contribution in [0.5, 0.6) is 0 Å². The number of aromatic nitrogens is 2. The maximum Gasteiger partial charge on any atom is 0.146 e. The summed E-state index contributed by atoms with van der Waals surface area (Å²) < 4.78 is 2.11. The van der Waals surface area contributed by atoms with Gasteiger partial charge < -0.3 is 0 Å². The van der Waals surface area contributed by atoms with E-state index in [0.717, 1.165) is 25.3 Å². The van der Waals surface area contributed by atoms with E-state index in [9.17, 15) is 0 Å². The zero-order valence-electron chi connectivity index (χ0n) is 10.4. The number of hydrogen-bond acceptors (Lipinski definition) is 3. The van der Waals surface area contributed by atoms with Crippen LogP contribution in [0.3, 0.4) is 0 Å². The molecule has 0 saturated heterocycles.